The predicted molar refractivity (Wildman–Crippen MR) is 70.2 cm³/mol. The van der Waals surface area contributed by atoms with Crippen molar-refractivity contribution in [2.75, 3.05) is 12.4 Å². The summed E-state index contributed by atoms with van der Waals surface area (Å²) in [4.78, 5) is 2.26. The van der Waals surface area contributed by atoms with Crippen molar-refractivity contribution in [3.63, 3.8) is 0 Å². The maximum Gasteiger partial charge on any atom is 0.146 e. The van der Waals surface area contributed by atoms with Crippen LogP contribution in [0, 0.1) is 5.82 Å². The van der Waals surface area contributed by atoms with Crippen LogP contribution in [0.5, 0.6) is 0 Å². The maximum atomic E-state index is 13.8. The van der Waals surface area contributed by atoms with Crippen molar-refractivity contribution in [2.24, 2.45) is 0 Å². The van der Waals surface area contributed by atoms with Crippen molar-refractivity contribution in [2.45, 2.75) is 31.8 Å². The Bertz CT molecular complexity index is 380. The van der Waals surface area contributed by atoms with Crippen LogP contribution in [-0.4, -0.2) is 23.4 Å². The minimum absolute atomic E-state index is 0.196. The fraction of sp³-hybridized carbons (Fsp3) is 0.538. The molecular weight excluding hydrogens is 260 g/mol. The molecule has 0 spiro atoms. The van der Waals surface area contributed by atoms with Crippen molar-refractivity contribution in [1.82, 2.24) is 4.90 Å². The van der Waals surface area contributed by atoms with Crippen LogP contribution < -0.4 is 0 Å². The zero-order valence-electron chi connectivity index (χ0n) is 9.63. The molecule has 0 bridgehead atoms. The second-order valence-corrected chi connectivity index (χ2v) is 5.24. The van der Waals surface area contributed by atoms with Crippen molar-refractivity contribution in [3.05, 3.63) is 34.6 Å². The van der Waals surface area contributed by atoms with Crippen molar-refractivity contribution < 1.29 is 4.39 Å². The molecule has 0 radical (unpaired) electrons. The van der Waals surface area contributed by atoms with Gasteiger partial charge in [0.1, 0.15) is 5.82 Å². The zero-order chi connectivity index (χ0) is 12.3. The SMILES string of the molecule is Fc1c(Cl)cccc1CN(CCCl)C1CCC1. The van der Waals surface area contributed by atoms with Crippen LogP contribution in [0.3, 0.4) is 0 Å². The van der Waals surface area contributed by atoms with Gasteiger partial charge in [0.05, 0.1) is 5.02 Å². The normalized spacial score (nSPS) is 16.2. The molecule has 1 aliphatic carbocycles. The smallest absolute Gasteiger partial charge is 0.146 e. The quantitative estimate of drug-likeness (QED) is 0.733. The molecule has 0 aliphatic heterocycles. The summed E-state index contributed by atoms with van der Waals surface area (Å²) in [6.45, 7) is 1.40. The molecule has 1 aromatic carbocycles. The second kappa shape index (κ2) is 6.03. The first-order chi connectivity index (χ1) is 8.22. The van der Waals surface area contributed by atoms with Gasteiger partial charge in [0.15, 0.2) is 0 Å². The summed E-state index contributed by atoms with van der Waals surface area (Å²) in [6, 6.07) is 5.73. The number of benzene rings is 1. The summed E-state index contributed by atoms with van der Waals surface area (Å²) >= 11 is 11.6. The maximum absolute atomic E-state index is 13.8. The first kappa shape index (κ1) is 13.1. The number of nitrogens with zero attached hydrogens (tertiary/aromatic N) is 1. The lowest BCUT2D eigenvalue weighted by atomic mass is 9.91. The number of rotatable bonds is 5. The van der Waals surface area contributed by atoms with Crippen LogP contribution >= 0.6 is 23.2 Å². The lowest BCUT2D eigenvalue weighted by Gasteiger charge is -2.37. The van der Waals surface area contributed by atoms with Crippen LogP contribution in [0.2, 0.25) is 5.02 Å². The van der Waals surface area contributed by atoms with Gasteiger partial charge in [-0.2, -0.15) is 0 Å². The highest BCUT2D eigenvalue weighted by Gasteiger charge is 2.25. The minimum Gasteiger partial charge on any atom is -0.295 e. The summed E-state index contributed by atoms with van der Waals surface area (Å²) in [6.07, 6.45) is 3.65. The van der Waals surface area contributed by atoms with Crippen LogP contribution in [0.1, 0.15) is 24.8 Å². The monoisotopic (exact) mass is 275 g/mol. The highest BCUT2D eigenvalue weighted by atomic mass is 35.5. The molecule has 0 atom stereocenters. The van der Waals surface area contributed by atoms with Gasteiger partial charge in [-0.05, 0) is 18.9 Å². The summed E-state index contributed by atoms with van der Waals surface area (Å²) in [5.41, 5.74) is 0.662. The third kappa shape index (κ3) is 3.12. The number of hydrogen-bond donors (Lipinski definition) is 0. The molecule has 1 nitrogen and oxygen atoms in total. The second-order valence-electron chi connectivity index (χ2n) is 4.46. The first-order valence-electron chi connectivity index (χ1n) is 5.95. The van der Waals surface area contributed by atoms with Gasteiger partial charge in [-0.15, -0.1) is 11.6 Å². The standard InChI is InChI=1S/C13H16Cl2FN/c14-7-8-17(11-4-2-5-11)9-10-3-1-6-12(15)13(10)16/h1,3,6,11H,2,4-5,7-9H2. The topological polar surface area (TPSA) is 3.24 Å². The molecule has 2 rings (SSSR count). The third-order valence-electron chi connectivity index (χ3n) is 3.37. The van der Waals surface area contributed by atoms with Gasteiger partial charge in [0.25, 0.3) is 0 Å². The van der Waals surface area contributed by atoms with E-state index in [-0.39, 0.29) is 10.8 Å². The Morgan fingerprint density at radius 2 is 2.12 bits per heavy atom. The Hall–Kier alpha value is -0.310. The van der Waals surface area contributed by atoms with Gasteiger partial charge < -0.3 is 0 Å². The lowest BCUT2D eigenvalue weighted by molar-refractivity contribution is 0.126. The Morgan fingerprint density at radius 1 is 1.35 bits per heavy atom. The Balaban J connectivity index is 2.08. The molecule has 0 unspecified atom stereocenters. The van der Waals surface area contributed by atoms with E-state index in [1.165, 1.54) is 19.3 Å². The molecule has 94 valence electrons. The molecule has 0 heterocycles. The molecular formula is C13H16Cl2FN. The van der Waals surface area contributed by atoms with Crippen LogP contribution in [0.15, 0.2) is 18.2 Å². The first-order valence-corrected chi connectivity index (χ1v) is 6.86. The molecule has 0 N–H and O–H groups in total. The zero-order valence-corrected chi connectivity index (χ0v) is 11.1. The van der Waals surface area contributed by atoms with Crippen LogP contribution in [0.4, 0.5) is 4.39 Å². The minimum atomic E-state index is -0.298. The van der Waals surface area contributed by atoms with Gasteiger partial charge in [-0.3, -0.25) is 4.90 Å². The summed E-state index contributed by atoms with van der Waals surface area (Å²) in [7, 11) is 0. The predicted octanol–water partition coefficient (Wildman–Crippen LogP) is 4.07. The molecule has 1 saturated carbocycles. The fourth-order valence-electron chi connectivity index (χ4n) is 2.14. The fourth-order valence-corrected chi connectivity index (χ4v) is 2.55. The molecule has 1 aromatic rings. The highest BCUT2D eigenvalue weighted by molar-refractivity contribution is 6.30. The molecule has 1 aliphatic rings. The summed E-state index contributed by atoms with van der Waals surface area (Å²) < 4.78 is 13.8. The van der Waals surface area contributed by atoms with Crippen molar-refractivity contribution in [1.29, 1.82) is 0 Å². The van der Waals surface area contributed by atoms with E-state index in [9.17, 15) is 4.39 Å². The summed E-state index contributed by atoms with van der Waals surface area (Å²) in [5, 5.41) is 0.196. The molecule has 17 heavy (non-hydrogen) atoms. The van der Waals surface area contributed by atoms with Gasteiger partial charge >= 0.3 is 0 Å². The molecule has 0 amide bonds. The highest BCUT2D eigenvalue weighted by Crippen LogP contribution is 2.27. The van der Waals surface area contributed by atoms with E-state index in [2.05, 4.69) is 4.90 Å². The Kier molecular flexibility index (Phi) is 4.66. The molecule has 4 heteroatoms. The average Bonchev–Trinajstić information content (AvgIpc) is 2.22. The number of halogens is 3. The van der Waals surface area contributed by atoms with E-state index in [0.717, 1.165) is 6.54 Å². The van der Waals surface area contributed by atoms with Crippen LogP contribution in [0.25, 0.3) is 0 Å². The van der Waals surface area contributed by atoms with Gasteiger partial charge in [0.2, 0.25) is 0 Å². The van der Waals surface area contributed by atoms with E-state index in [1.54, 1.807) is 18.2 Å². The largest absolute Gasteiger partial charge is 0.295 e. The van der Waals surface area contributed by atoms with E-state index >= 15 is 0 Å². The molecule has 0 aromatic heterocycles. The Morgan fingerprint density at radius 3 is 2.71 bits per heavy atom. The van der Waals surface area contributed by atoms with Crippen LogP contribution in [-0.2, 0) is 6.54 Å². The third-order valence-corrected chi connectivity index (χ3v) is 3.83. The van der Waals surface area contributed by atoms with E-state index in [0.29, 0.717) is 24.0 Å². The summed E-state index contributed by atoms with van der Waals surface area (Å²) in [5.74, 6) is 0.284. The average molecular weight is 276 g/mol. The van der Waals surface area contributed by atoms with E-state index in [4.69, 9.17) is 23.2 Å². The molecule has 1 fully saturated rings. The van der Waals surface area contributed by atoms with Gasteiger partial charge in [0, 0.05) is 30.6 Å². The number of alkyl halides is 1. The number of hydrogen-bond acceptors (Lipinski definition) is 1. The van der Waals surface area contributed by atoms with Crippen molar-refractivity contribution in [3.8, 4) is 0 Å². The Labute approximate surface area is 112 Å². The van der Waals surface area contributed by atoms with Gasteiger partial charge in [-0.25, -0.2) is 4.39 Å². The molecule has 0 saturated heterocycles. The van der Waals surface area contributed by atoms with E-state index in [1.807, 2.05) is 0 Å². The van der Waals surface area contributed by atoms with Crippen molar-refractivity contribution >= 4 is 23.2 Å². The van der Waals surface area contributed by atoms with Gasteiger partial charge in [-0.1, -0.05) is 30.2 Å². The van der Waals surface area contributed by atoms with E-state index < -0.39 is 0 Å². The lowest BCUT2D eigenvalue weighted by Crippen LogP contribution is -2.40.